The number of nitrogens with one attached hydrogen (secondary N) is 1. The number of ether oxygens (including phenoxy) is 1. The molecule has 1 aliphatic heterocycles. The van der Waals surface area contributed by atoms with Crippen molar-refractivity contribution in [1.29, 1.82) is 0 Å². The molecule has 0 unspecified atom stereocenters. The summed E-state index contributed by atoms with van der Waals surface area (Å²) in [6, 6.07) is 8.87. The third-order valence-corrected chi connectivity index (χ3v) is 3.47. The maximum absolute atomic E-state index is 12.0. The van der Waals surface area contributed by atoms with Crippen molar-refractivity contribution in [3.05, 3.63) is 41.8 Å². The van der Waals surface area contributed by atoms with Gasteiger partial charge in [0.05, 0.1) is 18.7 Å². The van der Waals surface area contributed by atoms with Gasteiger partial charge in [-0.25, -0.2) is 0 Å². The van der Waals surface area contributed by atoms with Gasteiger partial charge in [-0.1, -0.05) is 5.16 Å². The summed E-state index contributed by atoms with van der Waals surface area (Å²) in [5.74, 6) is 0.440. The largest absolute Gasteiger partial charge is 0.370 e. The van der Waals surface area contributed by atoms with Crippen LogP contribution in [-0.2, 0) is 20.7 Å². The first-order chi connectivity index (χ1) is 11.1. The van der Waals surface area contributed by atoms with Crippen LogP contribution in [0.3, 0.4) is 0 Å². The Morgan fingerprint density at radius 2 is 2.13 bits per heavy atom. The van der Waals surface area contributed by atoms with E-state index in [9.17, 15) is 9.59 Å². The summed E-state index contributed by atoms with van der Waals surface area (Å²) in [4.78, 5) is 25.4. The third kappa shape index (κ3) is 3.75. The number of amides is 2. The van der Waals surface area contributed by atoms with E-state index in [-0.39, 0.29) is 24.8 Å². The lowest BCUT2D eigenvalue weighted by Gasteiger charge is -2.26. The second-order valence-corrected chi connectivity index (χ2v) is 5.30. The van der Waals surface area contributed by atoms with Gasteiger partial charge < -0.3 is 19.5 Å². The number of anilines is 2. The topological polar surface area (TPSA) is 84.7 Å². The molecule has 120 valence electrons. The Morgan fingerprint density at radius 1 is 1.35 bits per heavy atom. The van der Waals surface area contributed by atoms with E-state index < -0.39 is 0 Å². The van der Waals surface area contributed by atoms with Crippen molar-refractivity contribution in [1.82, 2.24) is 5.16 Å². The fraction of sp³-hybridized carbons (Fsp3) is 0.312. The van der Waals surface area contributed by atoms with Gasteiger partial charge in [-0.2, -0.15) is 0 Å². The van der Waals surface area contributed by atoms with Crippen LogP contribution in [0, 0.1) is 6.92 Å². The Bertz CT molecular complexity index is 708. The van der Waals surface area contributed by atoms with Gasteiger partial charge in [0.1, 0.15) is 12.4 Å². The highest BCUT2D eigenvalue weighted by Crippen LogP contribution is 2.19. The monoisotopic (exact) mass is 315 g/mol. The SMILES string of the molecule is Cc1cc(CC(=O)Nc2ccc(N3CCOCC3=O)cc2)no1. The molecular weight excluding hydrogens is 298 g/mol. The Balaban J connectivity index is 1.60. The van der Waals surface area contributed by atoms with Gasteiger partial charge in [0.25, 0.3) is 5.91 Å². The summed E-state index contributed by atoms with van der Waals surface area (Å²) in [5, 5.41) is 6.58. The summed E-state index contributed by atoms with van der Waals surface area (Å²) < 4.78 is 10.0. The highest BCUT2D eigenvalue weighted by molar-refractivity contribution is 5.96. The zero-order chi connectivity index (χ0) is 16.2. The Morgan fingerprint density at radius 3 is 2.78 bits per heavy atom. The quantitative estimate of drug-likeness (QED) is 0.925. The molecule has 1 aromatic heterocycles. The molecule has 0 spiro atoms. The van der Waals surface area contributed by atoms with E-state index in [0.717, 1.165) is 5.69 Å². The molecular formula is C16H17N3O4. The molecule has 0 atom stereocenters. The van der Waals surface area contributed by atoms with Crippen LogP contribution in [0.2, 0.25) is 0 Å². The number of hydrogen-bond acceptors (Lipinski definition) is 5. The lowest BCUT2D eigenvalue weighted by Crippen LogP contribution is -2.41. The van der Waals surface area contributed by atoms with Crippen LogP contribution in [0.15, 0.2) is 34.9 Å². The molecule has 3 rings (SSSR count). The smallest absolute Gasteiger partial charge is 0.253 e. The predicted molar refractivity (Wildman–Crippen MR) is 83.2 cm³/mol. The molecule has 7 heteroatoms. The van der Waals surface area contributed by atoms with Crippen LogP contribution in [-0.4, -0.2) is 36.7 Å². The van der Waals surface area contributed by atoms with Crippen molar-refractivity contribution < 1.29 is 18.8 Å². The molecule has 7 nitrogen and oxygen atoms in total. The molecule has 1 saturated heterocycles. The molecule has 0 radical (unpaired) electrons. The molecule has 0 saturated carbocycles. The zero-order valence-corrected chi connectivity index (χ0v) is 12.7. The van der Waals surface area contributed by atoms with Crippen molar-refractivity contribution in [2.45, 2.75) is 13.3 Å². The zero-order valence-electron chi connectivity index (χ0n) is 12.7. The number of aromatic nitrogens is 1. The molecule has 2 heterocycles. The first-order valence-corrected chi connectivity index (χ1v) is 7.32. The van der Waals surface area contributed by atoms with E-state index in [2.05, 4.69) is 10.5 Å². The van der Waals surface area contributed by atoms with Gasteiger partial charge in [-0.05, 0) is 31.2 Å². The second kappa shape index (κ2) is 6.62. The highest BCUT2D eigenvalue weighted by Gasteiger charge is 2.20. The van der Waals surface area contributed by atoms with E-state index in [4.69, 9.17) is 9.26 Å². The van der Waals surface area contributed by atoms with Gasteiger partial charge in [0.15, 0.2) is 0 Å². The Hall–Kier alpha value is -2.67. The van der Waals surface area contributed by atoms with E-state index >= 15 is 0 Å². The lowest BCUT2D eigenvalue weighted by atomic mass is 10.2. The number of morpholine rings is 1. The standard InChI is InChI=1S/C16H17N3O4/c1-11-8-13(18-23-11)9-15(20)17-12-2-4-14(5-3-12)19-6-7-22-10-16(19)21/h2-5,8H,6-7,9-10H2,1H3,(H,17,20). The first-order valence-electron chi connectivity index (χ1n) is 7.32. The molecule has 23 heavy (non-hydrogen) atoms. The van der Waals surface area contributed by atoms with Gasteiger partial charge >= 0.3 is 0 Å². The molecule has 1 aliphatic rings. The van der Waals surface area contributed by atoms with Crippen molar-refractivity contribution in [3.8, 4) is 0 Å². The lowest BCUT2D eigenvalue weighted by molar-refractivity contribution is -0.125. The third-order valence-electron chi connectivity index (χ3n) is 3.47. The van der Waals surface area contributed by atoms with Crippen LogP contribution in [0.4, 0.5) is 11.4 Å². The Kier molecular flexibility index (Phi) is 4.38. The fourth-order valence-electron chi connectivity index (χ4n) is 2.39. The minimum atomic E-state index is -0.173. The predicted octanol–water partition coefficient (Wildman–Crippen LogP) is 1.53. The summed E-state index contributed by atoms with van der Waals surface area (Å²) in [7, 11) is 0. The maximum Gasteiger partial charge on any atom is 0.253 e. The summed E-state index contributed by atoms with van der Waals surface area (Å²) >= 11 is 0. The average molecular weight is 315 g/mol. The molecule has 1 fully saturated rings. The number of hydrogen-bond donors (Lipinski definition) is 1. The minimum Gasteiger partial charge on any atom is -0.370 e. The molecule has 1 aromatic carbocycles. The molecule has 0 aliphatic carbocycles. The van der Waals surface area contributed by atoms with Gasteiger partial charge in [-0.3, -0.25) is 9.59 Å². The van der Waals surface area contributed by atoms with Crippen LogP contribution in [0.5, 0.6) is 0 Å². The molecule has 2 amide bonds. The summed E-state index contributed by atoms with van der Waals surface area (Å²) in [6.45, 7) is 2.95. The van der Waals surface area contributed by atoms with Crippen LogP contribution >= 0.6 is 0 Å². The van der Waals surface area contributed by atoms with Gasteiger partial charge in [0, 0.05) is 24.0 Å². The Labute approximate surface area is 133 Å². The molecule has 2 aromatic rings. The molecule has 0 bridgehead atoms. The summed E-state index contributed by atoms with van der Waals surface area (Å²) in [5.41, 5.74) is 2.05. The number of nitrogens with zero attached hydrogens (tertiary/aromatic N) is 2. The number of carbonyl (C=O) groups excluding carboxylic acids is 2. The van der Waals surface area contributed by atoms with E-state index in [1.807, 2.05) is 0 Å². The minimum absolute atomic E-state index is 0.0607. The van der Waals surface area contributed by atoms with E-state index in [1.165, 1.54) is 0 Å². The van der Waals surface area contributed by atoms with Crippen LogP contribution < -0.4 is 10.2 Å². The van der Waals surface area contributed by atoms with Crippen molar-refractivity contribution in [3.63, 3.8) is 0 Å². The normalized spacial score (nSPS) is 14.8. The number of aryl methyl sites for hydroxylation is 1. The first kappa shape index (κ1) is 15.2. The molecule has 1 N–H and O–H groups in total. The average Bonchev–Trinajstić information content (AvgIpc) is 2.93. The van der Waals surface area contributed by atoms with Crippen LogP contribution in [0.1, 0.15) is 11.5 Å². The highest BCUT2D eigenvalue weighted by atomic mass is 16.5. The van der Waals surface area contributed by atoms with Crippen molar-refractivity contribution >= 4 is 23.2 Å². The van der Waals surface area contributed by atoms with Gasteiger partial charge in [-0.15, -0.1) is 0 Å². The second-order valence-electron chi connectivity index (χ2n) is 5.30. The number of carbonyl (C=O) groups is 2. The van der Waals surface area contributed by atoms with Crippen LogP contribution in [0.25, 0.3) is 0 Å². The maximum atomic E-state index is 12.0. The van der Waals surface area contributed by atoms with Crippen molar-refractivity contribution in [2.75, 3.05) is 30.0 Å². The number of rotatable bonds is 4. The summed E-state index contributed by atoms with van der Waals surface area (Å²) in [6.07, 6.45) is 0.154. The fourth-order valence-corrected chi connectivity index (χ4v) is 2.39. The van der Waals surface area contributed by atoms with Crippen molar-refractivity contribution in [2.24, 2.45) is 0 Å². The van der Waals surface area contributed by atoms with E-state index in [0.29, 0.717) is 30.3 Å². The number of benzene rings is 1. The van der Waals surface area contributed by atoms with Gasteiger partial charge in [0.2, 0.25) is 5.91 Å². The van der Waals surface area contributed by atoms with E-state index in [1.54, 1.807) is 42.2 Å².